The van der Waals surface area contributed by atoms with Crippen molar-refractivity contribution in [2.75, 3.05) is 25.0 Å². The summed E-state index contributed by atoms with van der Waals surface area (Å²) in [4.78, 5) is 0. The van der Waals surface area contributed by atoms with E-state index in [0.717, 1.165) is 36.8 Å². The van der Waals surface area contributed by atoms with E-state index < -0.39 is 0 Å². The summed E-state index contributed by atoms with van der Waals surface area (Å²) in [6.45, 7) is 3.44. The van der Waals surface area contributed by atoms with Crippen LogP contribution in [0.4, 0.5) is 5.69 Å². The van der Waals surface area contributed by atoms with Crippen molar-refractivity contribution in [3.05, 3.63) is 29.8 Å². The number of aliphatic hydroxyl groups excluding tert-OH is 1. The molecular formula is C13H21ClN2O. The van der Waals surface area contributed by atoms with Gasteiger partial charge in [0.15, 0.2) is 0 Å². The predicted molar refractivity (Wildman–Crippen MR) is 73.7 cm³/mol. The van der Waals surface area contributed by atoms with Gasteiger partial charge < -0.3 is 15.7 Å². The van der Waals surface area contributed by atoms with Crippen molar-refractivity contribution in [1.29, 1.82) is 0 Å². The van der Waals surface area contributed by atoms with Crippen LogP contribution in [0.1, 0.15) is 18.4 Å². The van der Waals surface area contributed by atoms with Crippen molar-refractivity contribution in [3.8, 4) is 0 Å². The van der Waals surface area contributed by atoms with E-state index in [-0.39, 0.29) is 19.0 Å². The summed E-state index contributed by atoms with van der Waals surface area (Å²) in [5, 5.41) is 15.9. The first-order valence-corrected chi connectivity index (χ1v) is 6.03. The largest absolute Gasteiger partial charge is 0.392 e. The van der Waals surface area contributed by atoms with Crippen molar-refractivity contribution < 1.29 is 5.11 Å². The highest BCUT2D eigenvalue weighted by Crippen LogP contribution is 2.15. The maximum atomic E-state index is 9.04. The summed E-state index contributed by atoms with van der Waals surface area (Å²) < 4.78 is 0. The van der Waals surface area contributed by atoms with Gasteiger partial charge in [-0.15, -0.1) is 12.4 Å². The molecule has 3 nitrogen and oxygen atoms in total. The number of hydrogen-bond donors (Lipinski definition) is 3. The molecule has 1 aromatic carbocycles. The molecule has 2 rings (SSSR count). The third-order valence-corrected chi connectivity index (χ3v) is 3.16. The summed E-state index contributed by atoms with van der Waals surface area (Å²) in [5.41, 5.74) is 2.08. The van der Waals surface area contributed by atoms with Crippen molar-refractivity contribution in [2.24, 2.45) is 5.92 Å². The number of aliphatic hydroxyl groups is 1. The molecule has 1 aliphatic heterocycles. The van der Waals surface area contributed by atoms with Crippen molar-refractivity contribution in [3.63, 3.8) is 0 Å². The molecule has 0 spiro atoms. The van der Waals surface area contributed by atoms with Crippen molar-refractivity contribution in [1.82, 2.24) is 5.32 Å². The van der Waals surface area contributed by atoms with E-state index in [0.29, 0.717) is 0 Å². The topological polar surface area (TPSA) is 44.3 Å². The predicted octanol–water partition coefficient (Wildman–Crippen LogP) is 2.01. The molecule has 1 aromatic rings. The molecule has 4 heteroatoms. The first-order valence-electron chi connectivity index (χ1n) is 6.03. The molecule has 1 saturated heterocycles. The number of halogens is 1. The van der Waals surface area contributed by atoms with Crippen LogP contribution >= 0.6 is 12.4 Å². The minimum Gasteiger partial charge on any atom is -0.392 e. The van der Waals surface area contributed by atoms with E-state index in [2.05, 4.69) is 16.7 Å². The van der Waals surface area contributed by atoms with E-state index >= 15 is 0 Å². The lowest BCUT2D eigenvalue weighted by Gasteiger charge is -2.23. The summed E-state index contributed by atoms with van der Waals surface area (Å²) in [5.74, 6) is 0.777. The average molecular weight is 257 g/mol. The standard InChI is InChI=1S/C13H20N2O.ClH/c16-10-12-2-1-3-13(8-12)15-9-11-4-6-14-7-5-11;/h1-3,8,11,14-16H,4-7,9-10H2;1H. The Morgan fingerprint density at radius 2 is 2.06 bits per heavy atom. The molecule has 0 saturated carbocycles. The molecule has 1 fully saturated rings. The molecule has 17 heavy (non-hydrogen) atoms. The van der Waals surface area contributed by atoms with Gasteiger partial charge in [-0.3, -0.25) is 0 Å². The van der Waals surface area contributed by atoms with Gasteiger partial charge >= 0.3 is 0 Å². The van der Waals surface area contributed by atoms with Gasteiger partial charge in [0, 0.05) is 12.2 Å². The molecular weight excluding hydrogens is 236 g/mol. The van der Waals surface area contributed by atoms with E-state index in [9.17, 15) is 0 Å². The fourth-order valence-corrected chi connectivity index (χ4v) is 2.13. The lowest BCUT2D eigenvalue weighted by atomic mass is 9.98. The maximum Gasteiger partial charge on any atom is 0.0682 e. The van der Waals surface area contributed by atoms with Crippen LogP contribution in [0, 0.1) is 5.92 Å². The van der Waals surface area contributed by atoms with Crippen LogP contribution in [-0.2, 0) is 6.61 Å². The molecule has 0 amide bonds. The van der Waals surface area contributed by atoms with Crippen LogP contribution < -0.4 is 10.6 Å². The van der Waals surface area contributed by atoms with Gasteiger partial charge in [-0.2, -0.15) is 0 Å². The second-order valence-corrected chi connectivity index (χ2v) is 4.43. The Hall–Kier alpha value is -0.770. The zero-order valence-electron chi connectivity index (χ0n) is 9.98. The van der Waals surface area contributed by atoms with Crippen LogP contribution in [0.2, 0.25) is 0 Å². The SMILES string of the molecule is Cl.OCc1cccc(NCC2CCNCC2)c1. The minimum absolute atomic E-state index is 0. The molecule has 3 N–H and O–H groups in total. The third kappa shape index (κ3) is 4.54. The first-order chi connectivity index (χ1) is 7.88. The number of benzene rings is 1. The summed E-state index contributed by atoms with van der Waals surface area (Å²) in [6, 6.07) is 7.99. The van der Waals surface area contributed by atoms with Gasteiger partial charge in [-0.25, -0.2) is 0 Å². The number of rotatable bonds is 4. The van der Waals surface area contributed by atoms with Gasteiger partial charge in [-0.05, 0) is 49.5 Å². The Bertz CT molecular complexity index is 327. The smallest absolute Gasteiger partial charge is 0.0682 e. The van der Waals surface area contributed by atoms with Crippen LogP contribution in [0.15, 0.2) is 24.3 Å². The summed E-state index contributed by atoms with van der Waals surface area (Å²) in [7, 11) is 0. The Morgan fingerprint density at radius 3 is 2.76 bits per heavy atom. The Balaban J connectivity index is 0.00000144. The normalized spacial score (nSPS) is 16.3. The fourth-order valence-electron chi connectivity index (χ4n) is 2.13. The molecule has 96 valence electrons. The molecule has 0 aromatic heterocycles. The van der Waals surface area contributed by atoms with Gasteiger partial charge in [0.2, 0.25) is 0 Å². The summed E-state index contributed by atoms with van der Waals surface area (Å²) >= 11 is 0. The quantitative estimate of drug-likeness (QED) is 0.772. The van der Waals surface area contributed by atoms with Gasteiger partial charge in [0.1, 0.15) is 0 Å². The molecule has 0 aliphatic carbocycles. The second kappa shape index (κ2) is 7.54. The minimum atomic E-state index is 0. The van der Waals surface area contributed by atoms with Crippen LogP contribution in [-0.4, -0.2) is 24.7 Å². The van der Waals surface area contributed by atoms with Gasteiger partial charge in [0.25, 0.3) is 0 Å². The highest BCUT2D eigenvalue weighted by atomic mass is 35.5. The fraction of sp³-hybridized carbons (Fsp3) is 0.538. The first kappa shape index (κ1) is 14.3. The monoisotopic (exact) mass is 256 g/mol. The number of nitrogens with one attached hydrogen (secondary N) is 2. The van der Waals surface area contributed by atoms with Crippen molar-refractivity contribution in [2.45, 2.75) is 19.4 Å². The molecule has 0 atom stereocenters. The van der Waals surface area contributed by atoms with Gasteiger partial charge in [-0.1, -0.05) is 12.1 Å². The second-order valence-electron chi connectivity index (χ2n) is 4.43. The lowest BCUT2D eigenvalue weighted by molar-refractivity contribution is 0.282. The highest BCUT2D eigenvalue weighted by Gasteiger charge is 2.12. The third-order valence-electron chi connectivity index (χ3n) is 3.16. The van der Waals surface area contributed by atoms with Crippen LogP contribution in [0.5, 0.6) is 0 Å². The Morgan fingerprint density at radius 1 is 1.29 bits per heavy atom. The van der Waals surface area contributed by atoms with E-state index in [1.54, 1.807) is 0 Å². The Kier molecular flexibility index (Phi) is 6.34. The lowest BCUT2D eigenvalue weighted by Crippen LogP contribution is -2.31. The number of hydrogen-bond acceptors (Lipinski definition) is 3. The molecule has 1 aliphatic rings. The number of piperidine rings is 1. The highest BCUT2D eigenvalue weighted by molar-refractivity contribution is 5.85. The van der Waals surface area contributed by atoms with Gasteiger partial charge in [0.05, 0.1) is 6.61 Å². The molecule has 1 heterocycles. The zero-order valence-corrected chi connectivity index (χ0v) is 10.8. The van der Waals surface area contributed by atoms with E-state index in [1.807, 2.05) is 18.2 Å². The van der Waals surface area contributed by atoms with Crippen LogP contribution in [0.25, 0.3) is 0 Å². The zero-order chi connectivity index (χ0) is 11.2. The van der Waals surface area contributed by atoms with E-state index in [4.69, 9.17) is 5.11 Å². The molecule has 0 bridgehead atoms. The Labute approximate surface area is 109 Å². The number of anilines is 1. The summed E-state index contributed by atoms with van der Waals surface area (Å²) in [6.07, 6.45) is 2.51. The van der Waals surface area contributed by atoms with Crippen molar-refractivity contribution >= 4 is 18.1 Å². The molecule has 0 unspecified atom stereocenters. The molecule has 0 radical (unpaired) electrons. The van der Waals surface area contributed by atoms with Crippen LogP contribution in [0.3, 0.4) is 0 Å². The maximum absolute atomic E-state index is 9.04. The van der Waals surface area contributed by atoms with E-state index in [1.165, 1.54) is 12.8 Å². The average Bonchev–Trinajstić information content (AvgIpc) is 2.38.